The fourth-order valence-corrected chi connectivity index (χ4v) is 4.85. The summed E-state index contributed by atoms with van der Waals surface area (Å²) < 4.78 is 37.9. The molecule has 2 aromatic carbocycles. The van der Waals surface area contributed by atoms with E-state index in [-0.39, 0.29) is 17.8 Å². The number of ether oxygens (including phenoxy) is 4. The van der Waals surface area contributed by atoms with Crippen LogP contribution in [-0.4, -0.2) is 54.8 Å². The Morgan fingerprint density at radius 1 is 1.06 bits per heavy atom. The zero-order valence-corrected chi connectivity index (χ0v) is 20.5. The second-order valence-corrected chi connectivity index (χ2v) is 8.77. The van der Waals surface area contributed by atoms with Crippen molar-refractivity contribution in [2.24, 2.45) is 0 Å². The average molecular weight is 489 g/mol. The van der Waals surface area contributed by atoms with Crippen LogP contribution in [0.15, 0.2) is 30.3 Å². The second-order valence-electron chi connectivity index (χ2n) is 7.78. The molecule has 0 saturated carbocycles. The number of amides is 1. The Morgan fingerprint density at radius 3 is 2.29 bits per heavy atom. The lowest BCUT2D eigenvalue weighted by Crippen LogP contribution is -2.41. The van der Waals surface area contributed by atoms with Gasteiger partial charge in [0.05, 0.1) is 24.5 Å². The molecule has 34 heavy (non-hydrogen) atoms. The Balaban J connectivity index is 1.44. The predicted octanol–water partition coefficient (Wildman–Crippen LogP) is 5.32. The molecule has 1 aliphatic heterocycles. The van der Waals surface area contributed by atoms with Gasteiger partial charge in [0.15, 0.2) is 11.5 Å². The van der Waals surface area contributed by atoms with Crippen molar-refractivity contribution in [3.05, 3.63) is 41.7 Å². The molecule has 0 N–H and O–H groups in total. The maximum atomic E-state index is 13.9. The van der Waals surface area contributed by atoms with E-state index in [1.807, 2.05) is 26.8 Å². The number of fused-ring (bicyclic) bond motifs is 1. The summed E-state index contributed by atoms with van der Waals surface area (Å²) in [7, 11) is 0. The van der Waals surface area contributed by atoms with Crippen molar-refractivity contribution in [2.75, 3.05) is 32.9 Å². The third-order valence-corrected chi connectivity index (χ3v) is 6.41. The van der Waals surface area contributed by atoms with Crippen LogP contribution in [0.1, 0.15) is 44.0 Å². The summed E-state index contributed by atoms with van der Waals surface area (Å²) in [6.07, 6.45) is 1.25. The molecule has 0 atom stereocenters. The van der Waals surface area contributed by atoms with E-state index in [4.69, 9.17) is 18.9 Å². The largest absolute Gasteiger partial charge is 0.490 e. The number of para-hydroxylation sites is 1. The van der Waals surface area contributed by atoms with E-state index in [0.717, 1.165) is 4.70 Å². The highest BCUT2D eigenvalue weighted by Gasteiger charge is 2.27. The second kappa shape index (κ2) is 10.9. The number of benzene rings is 2. The van der Waals surface area contributed by atoms with E-state index in [1.165, 1.54) is 17.4 Å². The Bertz CT molecular complexity index is 1120. The number of likely N-dealkylation sites (tertiary alicyclic amines) is 1. The smallest absolute Gasteiger partial charge is 0.274 e. The standard InChI is InChI=1S/C25H29FN2O5S/c1-4-30-19-14-16(15-20(31-5-2)23(19)32-6-3)24(29)28-12-10-17(11-13-28)33-25-27-22-18(26)8-7-9-21(22)34-25/h7-9,14-15,17H,4-6,10-13H2,1-3H3. The van der Waals surface area contributed by atoms with Gasteiger partial charge in [-0.2, -0.15) is 4.98 Å². The fraction of sp³-hybridized carbons (Fsp3) is 0.440. The molecule has 0 radical (unpaired) electrons. The van der Waals surface area contributed by atoms with Crippen molar-refractivity contribution in [3.63, 3.8) is 0 Å². The first kappa shape index (κ1) is 24.1. The number of hydrogen-bond donors (Lipinski definition) is 0. The minimum Gasteiger partial charge on any atom is -0.490 e. The summed E-state index contributed by atoms with van der Waals surface area (Å²) >= 11 is 1.33. The van der Waals surface area contributed by atoms with Crippen LogP contribution in [0.25, 0.3) is 10.2 Å². The van der Waals surface area contributed by atoms with Gasteiger partial charge in [0.1, 0.15) is 17.4 Å². The first-order chi connectivity index (χ1) is 16.5. The normalized spacial score (nSPS) is 14.3. The first-order valence-corrected chi connectivity index (χ1v) is 12.4. The number of hydrogen-bond acceptors (Lipinski definition) is 7. The van der Waals surface area contributed by atoms with Crippen LogP contribution in [0.3, 0.4) is 0 Å². The highest BCUT2D eigenvalue weighted by molar-refractivity contribution is 7.20. The maximum Gasteiger partial charge on any atom is 0.274 e. The summed E-state index contributed by atoms with van der Waals surface area (Å²) in [5.41, 5.74) is 0.831. The lowest BCUT2D eigenvalue weighted by molar-refractivity contribution is 0.0594. The van der Waals surface area contributed by atoms with Gasteiger partial charge in [-0.3, -0.25) is 4.79 Å². The molecule has 0 spiro atoms. The molecule has 4 rings (SSSR count). The van der Waals surface area contributed by atoms with Gasteiger partial charge in [0, 0.05) is 31.5 Å². The van der Waals surface area contributed by atoms with Crippen LogP contribution in [0.2, 0.25) is 0 Å². The number of aromatic nitrogens is 1. The molecule has 1 fully saturated rings. The molecule has 1 amide bonds. The SMILES string of the molecule is CCOc1cc(C(=O)N2CCC(Oc3nc4c(F)cccc4s3)CC2)cc(OCC)c1OCC. The van der Waals surface area contributed by atoms with Gasteiger partial charge >= 0.3 is 0 Å². The van der Waals surface area contributed by atoms with Crippen molar-refractivity contribution in [2.45, 2.75) is 39.7 Å². The fourth-order valence-electron chi connectivity index (χ4n) is 3.96. The van der Waals surface area contributed by atoms with Crippen molar-refractivity contribution >= 4 is 27.5 Å². The number of halogens is 1. The van der Waals surface area contributed by atoms with Gasteiger partial charge in [0.2, 0.25) is 5.75 Å². The van der Waals surface area contributed by atoms with Gasteiger partial charge in [-0.05, 0) is 45.0 Å². The van der Waals surface area contributed by atoms with Crippen molar-refractivity contribution < 1.29 is 28.1 Å². The zero-order chi connectivity index (χ0) is 24.1. The highest BCUT2D eigenvalue weighted by Crippen LogP contribution is 2.39. The number of carbonyl (C=O) groups excluding carboxylic acids is 1. The van der Waals surface area contributed by atoms with Crippen molar-refractivity contribution in [1.29, 1.82) is 0 Å². The van der Waals surface area contributed by atoms with Gasteiger partial charge in [-0.25, -0.2) is 4.39 Å². The third kappa shape index (κ3) is 5.19. The molecular weight excluding hydrogens is 459 g/mol. The van der Waals surface area contributed by atoms with Gasteiger partial charge in [-0.1, -0.05) is 17.4 Å². The number of rotatable bonds is 9. The summed E-state index contributed by atoms with van der Waals surface area (Å²) in [5, 5.41) is 0.458. The van der Waals surface area contributed by atoms with Crippen LogP contribution >= 0.6 is 11.3 Å². The number of thiazole rings is 1. The minimum atomic E-state index is -0.350. The number of carbonyl (C=O) groups is 1. The maximum absolute atomic E-state index is 13.9. The molecule has 0 bridgehead atoms. The molecule has 7 nitrogen and oxygen atoms in total. The molecule has 9 heteroatoms. The van der Waals surface area contributed by atoms with Crippen LogP contribution in [-0.2, 0) is 0 Å². The summed E-state index contributed by atoms with van der Waals surface area (Å²) in [5.74, 6) is 1.07. The lowest BCUT2D eigenvalue weighted by atomic mass is 10.1. The Kier molecular flexibility index (Phi) is 7.72. The number of nitrogens with zero attached hydrogens (tertiary/aromatic N) is 2. The van der Waals surface area contributed by atoms with Crippen LogP contribution in [0, 0.1) is 5.82 Å². The van der Waals surface area contributed by atoms with Crippen LogP contribution < -0.4 is 18.9 Å². The molecule has 1 aromatic heterocycles. The van der Waals surface area contributed by atoms with Crippen molar-refractivity contribution in [1.82, 2.24) is 9.88 Å². The molecular formula is C25H29FN2O5S. The van der Waals surface area contributed by atoms with E-state index < -0.39 is 0 Å². The molecule has 1 saturated heterocycles. The van der Waals surface area contributed by atoms with E-state index in [9.17, 15) is 9.18 Å². The molecule has 182 valence electrons. The van der Waals surface area contributed by atoms with Crippen LogP contribution in [0.5, 0.6) is 22.4 Å². The van der Waals surface area contributed by atoms with Gasteiger partial charge < -0.3 is 23.8 Å². The summed E-state index contributed by atoms with van der Waals surface area (Å²) in [6, 6.07) is 8.33. The first-order valence-electron chi connectivity index (χ1n) is 11.6. The lowest BCUT2D eigenvalue weighted by Gasteiger charge is -2.32. The Morgan fingerprint density at radius 2 is 1.71 bits per heavy atom. The average Bonchev–Trinajstić information content (AvgIpc) is 3.25. The molecule has 3 aromatic rings. The van der Waals surface area contributed by atoms with E-state index in [1.54, 1.807) is 23.1 Å². The van der Waals surface area contributed by atoms with Crippen molar-refractivity contribution in [3.8, 4) is 22.4 Å². The Hall–Kier alpha value is -3.07. The highest BCUT2D eigenvalue weighted by atomic mass is 32.1. The third-order valence-electron chi connectivity index (χ3n) is 5.50. The Labute approximate surface area is 202 Å². The number of piperidine rings is 1. The van der Waals surface area contributed by atoms with E-state index >= 15 is 0 Å². The zero-order valence-electron chi connectivity index (χ0n) is 19.6. The van der Waals surface area contributed by atoms with Gasteiger partial charge in [-0.15, -0.1) is 0 Å². The topological polar surface area (TPSA) is 70.1 Å². The predicted molar refractivity (Wildman–Crippen MR) is 129 cm³/mol. The van der Waals surface area contributed by atoms with E-state index in [2.05, 4.69) is 4.98 Å². The van der Waals surface area contributed by atoms with Gasteiger partial charge in [0.25, 0.3) is 11.1 Å². The minimum absolute atomic E-state index is 0.0778. The summed E-state index contributed by atoms with van der Waals surface area (Å²) in [6.45, 7) is 8.10. The molecule has 2 heterocycles. The monoisotopic (exact) mass is 488 g/mol. The van der Waals surface area contributed by atoms with E-state index in [0.29, 0.717) is 79.3 Å². The molecule has 0 aliphatic carbocycles. The quantitative estimate of drug-likeness (QED) is 0.406. The summed E-state index contributed by atoms with van der Waals surface area (Å²) in [4.78, 5) is 19.4. The molecule has 0 unspecified atom stereocenters. The molecule has 1 aliphatic rings. The van der Waals surface area contributed by atoms with Crippen LogP contribution in [0.4, 0.5) is 4.39 Å².